The molecule has 6 heteroatoms. The van der Waals surface area contributed by atoms with E-state index in [1.165, 1.54) is 0 Å². The van der Waals surface area contributed by atoms with Crippen LogP contribution in [0.15, 0.2) is 0 Å². The number of rotatable bonds is 6. The maximum absolute atomic E-state index is 11.8. The smallest absolute Gasteiger partial charge is 0.324 e. The molecule has 0 spiro atoms. The van der Waals surface area contributed by atoms with Gasteiger partial charge in [-0.05, 0) is 32.6 Å². The number of hydrogen-bond acceptors (Lipinski definition) is 3. The quantitative estimate of drug-likeness (QED) is 0.747. The molecule has 0 heterocycles. The Morgan fingerprint density at radius 3 is 2.33 bits per heavy atom. The lowest BCUT2D eigenvalue weighted by molar-refractivity contribution is -0.138. The van der Waals surface area contributed by atoms with E-state index in [-0.39, 0.29) is 18.9 Å². The summed E-state index contributed by atoms with van der Waals surface area (Å²) in [5.74, 6) is -1.03. The second-order valence-electron chi connectivity index (χ2n) is 4.94. The summed E-state index contributed by atoms with van der Waals surface area (Å²) in [6, 6.07) is -0.398. The van der Waals surface area contributed by atoms with Crippen molar-refractivity contribution in [2.45, 2.75) is 45.6 Å². The first-order chi connectivity index (χ1) is 8.40. The molecule has 3 amide bonds. The Hall–Kier alpha value is -1.59. The fraction of sp³-hybridized carbons (Fsp3) is 0.750. The molecule has 0 saturated heterocycles. The van der Waals surface area contributed by atoms with Crippen molar-refractivity contribution in [3.05, 3.63) is 0 Å². The van der Waals surface area contributed by atoms with Crippen molar-refractivity contribution >= 4 is 17.9 Å². The number of carbonyl (C=O) groups excluding carboxylic acids is 2. The van der Waals surface area contributed by atoms with Crippen molar-refractivity contribution < 1.29 is 19.5 Å². The average Bonchev–Trinajstić information content (AvgIpc) is 3.06. The Morgan fingerprint density at radius 1 is 1.28 bits per heavy atom. The normalized spacial score (nSPS) is 14.4. The van der Waals surface area contributed by atoms with E-state index >= 15 is 0 Å². The van der Waals surface area contributed by atoms with Gasteiger partial charge < -0.3 is 10.0 Å². The van der Waals surface area contributed by atoms with E-state index in [1.807, 2.05) is 13.8 Å². The fourth-order valence-electron chi connectivity index (χ4n) is 1.58. The maximum atomic E-state index is 11.8. The van der Waals surface area contributed by atoms with Crippen molar-refractivity contribution in [2.24, 2.45) is 5.92 Å². The SMILES string of the molecule is CC(C)N(CC1CC1)C(=O)NC(=O)CCC(=O)O. The highest BCUT2D eigenvalue weighted by atomic mass is 16.4. The monoisotopic (exact) mass is 256 g/mol. The molecule has 1 aliphatic rings. The zero-order chi connectivity index (χ0) is 13.7. The van der Waals surface area contributed by atoms with E-state index in [4.69, 9.17) is 5.11 Å². The first kappa shape index (κ1) is 14.5. The minimum Gasteiger partial charge on any atom is -0.481 e. The van der Waals surface area contributed by atoms with Crippen LogP contribution in [-0.4, -0.2) is 40.5 Å². The standard InChI is InChI=1S/C12H20N2O4/c1-8(2)14(7-9-3-4-9)12(18)13-10(15)5-6-11(16)17/h8-9H,3-7H2,1-2H3,(H,16,17)(H,13,15,18). The Kier molecular flexibility index (Phi) is 5.12. The number of aliphatic carboxylic acids is 1. The van der Waals surface area contributed by atoms with E-state index in [0.29, 0.717) is 12.5 Å². The number of amides is 3. The molecule has 102 valence electrons. The third kappa shape index (κ3) is 5.16. The molecule has 2 N–H and O–H groups in total. The van der Waals surface area contributed by atoms with Crippen LogP contribution in [0.1, 0.15) is 39.5 Å². The molecule has 0 radical (unpaired) electrons. The van der Waals surface area contributed by atoms with Gasteiger partial charge in [0.2, 0.25) is 5.91 Å². The van der Waals surface area contributed by atoms with Crippen LogP contribution in [0.25, 0.3) is 0 Å². The lowest BCUT2D eigenvalue weighted by Crippen LogP contribution is -2.47. The molecule has 1 rings (SSSR count). The number of carboxylic acid groups (broad SMARTS) is 1. The first-order valence-electron chi connectivity index (χ1n) is 6.22. The van der Waals surface area contributed by atoms with E-state index in [0.717, 1.165) is 12.8 Å². The third-order valence-corrected chi connectivity index (χ3v) is 2.85. The van der Waals surface area contributed by atoms with Gasteiger partial charge >= 0.3 is 12.0 Å². The van der Waals surface area contributed by atoms with Gasteiger partial charge in [-0.2, -0.15) is 0 Å². The van der Waals surface area contributed by atoms with E-state index in [2.05, 4.69) is 5.32 Å². The highest BCUT2D eigenvalue weighted by molar-refractivity contribution is 5.95. The summed E-state index contributed by atoms with van der Waals surface area (Å²) < 4.78 is 0. The van der Waals surface area contributed by atoms with Crippen LogP contribution in [0.4, 0.5) is 4.79 Å². The minimum absolute atomic E-state index is 0.0258. The van der Waals surface area contributed by atoms with Crippen LogP contribution in [0.2, 0.25) is 0 Å². The average molecular weight is 256 g/mol. The third-order valence-electron chi connectivity index (χ3n) is 2.85. The van der Waals surface area contributed by atoms with Crippen LogP contribution in [0.3, 0.4) is 0 Å². The summed E-state index contributed by atoms with van der Waals surface area (Å²) >= 11 is 0. The van der Waals surface area contributed by atoms with Gasteiger partial charge in [-0.3, -0.25) is 14.9 Å². The maximum Gasteiger partial charge on any atom is 0.324 e. The fourth-order valence-corrected chi connectivity index (χ4v) is 1.58. The van der Waals surface area contributed by atoms with Gasteiger partial charge in [-0.1, -0.05) is 0 Å². The molecule has 0 aliphatic heterocycles. The molecule has 0 aromatic carbocycles. The highest BCUT2D eigenvalue weighted by Crippen LogP contribution is 2.30. The van der Waals surface area contributed by atoms with Crippen LogP contribution < -0.4 is 5.32 Å². The second kappa shape index (κ2) is 6.37. The van der Waals surface area contributed by atoms with Gasteiger partial charge in [-0.25, -0.2) is 4.79 Å². The van der Waals surface area contributed by atoms with Crippen LogP contribution in [0.5, 0.6) is 0 Å². The molecular formula is C12H20N2O4. The zero-order valence-corrected chi connectivity index (χ0v) is 10.8. The number of imide groups is 1. The first-order valence-corrected chi connectivity index (χ1v) is 6.22. The molecule has 0 aromatic rings. The molecular weight excluding hydrogens is 236 g/mol. The van der Waals surface area contributed by atoms with Gasteiger partial charge in [0, 0.05) is 19.0 Å². The lowest BCUT2D eigenvalue weighted by Gasteiger charge is -2.26. The largest absolute Gasteiger partial charge is 0.481 e. The van der Waals surface area contributed by atoms with Crippen molar-refractivity contribution in [2.75, 3.05) is 6.54 Å². The number of nitrogens with one attached hydrogen (secondary N) is 1. The van der Waals surface area contributed by atoms with Crippen molar-refractivity contribution in [3.63, 3.8) is 0 Å². The number of nitrogens with zero attached hydrogens (tertiary/aromatic N) is 1. The van der Waals surface area contributed by atoms with Gasteiger partial charge in [0.05, 0.1) is 6.42 Å². The van der Waals surface area contributed by atoms with Crippen LogP contribution in [-0.2, 0) is 9.59 Å². The lowest BCUT2D eigenvalue weighted by atomic mass is 10.3. The summed E-state index contributed by atoms with van der Waals surface area (Å²) in [6.07, 6.45) is 1.83. The summed E-state index contributed by atoms with van der Waals surface area (Å²) in [7, 11) is 0. The number of carboxylic acids is 1. The van der Waals surface area contributed by atoms with E-state index < -0.39 is 17.9 Å². The van der Waals surface area contributed by atoms with Gasteiger partial charge in [0.1, 0.15) is 0 Å². The molecule has 18 heavy (non-hydrogen) atoms. The van der Waals surface area contributed by atoms with Crippen molar-refractivity contribution in [1.29, 1.82) is 0 Å². The molecule has 0 aromatic heterocycles. The predicted octanol–water partition coefficient (Wildman–Crippen LogP) is 1.21. The molecule has 0 unspecified atom stereocenters. The van der Waals surface area contributed by atoms with Crippen molar-refractivity contribution in [3.8, 4) is 0 Å². The topological polar surface area (TPSA) is 86.7 Å². The Balaban J connectivity index is 2.39. The van der Waals surface area contributed by atoms with Gasteiger partial charge in [-0.15, -0.1) is 0 Å². The summed E-state index contributed by atoms with van der Waals surface area (Å²) in [5, 5.41) is 10.7. The number of hydrogen-bond donors (Lipinski definition) is 2. The van der Waals surface area contributed by atoms with Crippen LogP contribution >= 0.6 is 0 Å². The van der Waals surface area contributed by atoms with E-state index in [1.54, 1.807) is 4.90 Å². The van der Waals surface area contributed by atoms with Gasteiger partial charge in [0.15, 0.2) is 0 Å². The zero-order valence-electron chi connectivity index (χ0n) is 10.8. The van der Waals surface area contributed by atoms with Crippen LogP contribution in [0, 0.1) is 5.92 Å². The summed E-state index contributed by atoms with van der Waals surface area (Å²) in [4.78, 5) is 35.1. The molecule has 1 aliphatic carbocycles. The molecule has 0 atom stereocenters. The Morgan fingerprint density at radius 2 is 1.89 bits per heavy atom. The minimum atomic E-state index is -1.05. The Bertz CT molecular complexity index is 337. The molecule has 6 nitrogen and oxygen atoms in total. The van der Waals surface area contributed by atoms with E-state index in [9.17, 15) is 14.4 Å². The molecule has 0 bridgehead atoms. The Labute approximate surface area is 106 Å². The molecule has 1 saturated carbocycles. The summed E-state index contributed by atoms with van der Waals surface area (Å²) in [6.45, 7) is 4.45. The molecule has 1 fully saturated rings. The van der Waals surface area contributed by atoms with Gasteiger partial charge in [0.25, 0.3) is 0 Å². The summed E-state index contributed by atoms with van der Waals surface area (Å²) in [5.41, 5.74) is 0. The number of urea groups is 1. The predicted molar refractivity (Wildman–Crippen MR) is 65.0 cm³/mol. The van der Waals surface area contributed by atoms with Crippen molar-refractivity contribution in [1.82, 2.24) is 10.2 Å². The highest BCUT2D eigenvalue weighted by Gasteiger charge is 2.28. The second-order valence-corrected chi connectivity index (χ2v) is 4.94. The number of carbonyl (C=O) groups is 3.